The Morgan fingerprint density at radius 1 is 1.07 bits per heavy atom. The zero-order valence-electron chi connectivity index (χ0n) is 9.25. The molecule has 1 heterocycles. The van der Waals surface area contributed by atoms with E-state index in [0.29, 0.717) is 6.04 Å². The minimum absolute atomic E-state index is 0. The van der Waals surface area contributed by atoms with Crippen molar-refractivity contribution in [2.75, 3.05) is 6.54 Å². The summed E-state index contributed by atoms with van der Waals surface area (Å²) in [6.07, 6.45) is 12.3. The molecule has 0 spiro atoms. The summed E-state index contributed by atoms with van der Waals surface area (Å²) in [7, 11) is 4.64. The average Bonchev–Trinajstić information content (AvgIpc) is 2.34. The van der Waals surface area contributed by atoms with Gasteiger partial charge in [-0.15, -0.1) is 6.54 Å². The molecule has 0 aromatic carbocycles. The van der Waals surface area contributed by atoms with Crippen molar-refractivity contribution in [3.05, 3.63) is 11.7 Å². The molecule has 1 aliphatic carbocycles. The van der Waals surface area contributed by atoms with Crippen molar-refractivity contribution in [3.8, 4) is 0 Å². The standard InChI is InChI=1S/C11H19N.ClH.Ir.H3P/c1-2-6-10(7-3-1)11-8-4-5-9-12-11;;;/h6,10-11H,1-5,7-9H2;1H;;1H3/q-2;;+3;/p-1. The first-order chi connectivity index (χ1) is 6.97. The van der Waals surface area contributed by atoms with Gasteiger partial charge in [0.1, 0.15) is 0 Å². The van der Waals surface area contributed by atoms with Gasteiger partial charge in [-0.05, 0) is 0 Å². The van der Waals surface area contributed by atoms with Crippen LogP contribution in [0.5, 0.6) is 0 Å². The molecule has 4 heteroatoms. The summed E-state index contributed by atoms with van der Waals surface area (Å²) >= 11 is 1.47. The van der Waals surface area contributed by atoms with Crippen LogP contribution in [0.4, 0.5) is 0 Å². The number of hydrogen-bond acceptors (Lipinski definition) is 0. The van der Waals surface area contributed by atoms with E-state index in [9.17, 15) is 0 Å². The van der Waals surface area contributed by atoms with E-state index in [-0.39, 0.29) is 9.90 Å². The summed E-state index contributed by atoms with van der Waals surface area (Å²) in [5.74, 6) is 0.846. The summed E-state index contributed by atoms with van der Waals surface area (Å²) in [5, 5.41) is 4.72. The Morgan fingerprint density at radius 3 is 2.33 bits per heavy atom. The molecule has 2 rings (SSSR count). The van der Waals surface area contributed by atoms with Gasteiger partial charge < -0.3 is 11.7 Å². The Kier molecular flexibility index (Phi) is 11.4. The van der Waals surface area contributed by atoms with Crippen molar-refractivity contribution < 1.29 is 17.9 Å². The van der Waals surface area contributed by atoms with E-state index in [1.54, 1.807) is 0 Å². The molecule has 2 aliphatic rings. The van der Waals surface area contributed by atoms with Gasteiger partial charge in [-0.3, -0.25) is 0 Å². The quantitative estimate of drug-likeness (QED) is 0.443. The van der Waals surface area contributed by atoms with Gasteiger partial charge in [0.05, 0.1) is 0 Å². The van der Waals surface area contributed by atoms with E-state index >= 15 is 0 Å². The predicted octanol–water partition coefficient (Wildman–Crippen LogP) is 4.05. The molecular weight excluding hydrogens is 405 g/mol. The molecule has 1 saturated heterocycles. The van der Waals surface area contributed by atoms with Crippen LogP contribution < -0.4 is 0 Å². The van der Waals surface area contributed by atoms with Crippen LogP contribution in [0.3, 0.4) is 0 Å². The van der Waals surface area contributed by atoms with Crippen LogP contribution in [0.25, 0.3) is 5.32 Å². The molecule has 0 N–H and O–H groups in total. The van der Waals surface area contributed by atoms with Crippen LogP contribution in [0.2, 0.25) is 0 Å². The summed E-state index contributed by atoms with van der Waals surface area (Å²) in [6.45, 7) is 1.13. The predicted molar refractivity (Wildman–Crippen MR) is 69.1 cm³/mol. The second kappa shape index (κ2) is 10.5. The van der Waals surface area contributed by atoms with E-state index in [1.807, 2.05) is 0 Å². The molecule has 92 valence electrons. The molecule has 0 bridgehead atoms. The first-order valence-electron chi connectivity index (χ1n) is 5.59. The normalized spacial score (nSPS) is 30.8. The monoisotopic (exact) mass is 427 g/mol. The third kappa shape index (κ3) is 5.99. The maximum absolute atomic E-state index is 4.72. The summed E-state index contributed by atoms with van der Waals surface area (Å²) in [6, 6.07) is 0.707. The number of rotatable bonds is 1. The first-order valence-corrected chi connectivity index (χ1v) is 8.56. The van der Waals surface area contributed by atoms with E-state index in [4.69, 9.17) is 5.32 Å². The van der Waals surface area contributed by atoms with Gasteiger partial charge in [-0.25, -0.2) is 0 Å². The Bertz CT molecular complexity index is 121. The third-order valence-corrected chi connectivity index (χ3v) is 3.23. The Morgan fingerprint density at radius 2 is 1.80 bits per heavy atom. The van der Waals surface area contributed by atoms with Crippen molar-refractivity contribution in [1.82, 2.24) is 0 Å². The van der Waals surface area contributed by atoms with Gasteiger partial charge in [-0.2, -0.15) is 28.3 Å². The maximum atomic E-state index is 4.72. The second-order valence-corrected chi connectivity index (χ2v) is 4.15. The van der Waals surface area contributed by atoms with Crippen LogP contribution in [-0.4, -0.2) is 12.6 Å². The molecule has 0 amide bonds. The van der Waals surface area contributed by atoms with Crippen LogP contribution >= 0.6 is 19.5 Å². The average molecular weight is 427 g/mol. The van der Waals surface area contributed by atoms with Gasteiger partial charge in [0.2, 0.25) is 0 Å². The van der Waals surface area contributed by atoms with Crippen molar-refractivity contribution in [2.45, 2.75) is 51.0 Å². The van der Waals surface area contributed by atoms with Gasteiger partial charge in [0.15, 0.2) is 0 Å². The fourth-order valence-corrected chi connectivity index (χ4v) is 2.49. The van der Waals surface area contributed by atoms with Crippen LogP contribution in [0, 0.1) is 12.3 Å². The van der Waals surface area contributed by atoms with Crippen molar-refractivity contribution in [2.24, 2.45) is 5.92 Å². The van der Waals surface area contributed by atoms with Crippen LogP contribution in [0.15, 0.2) is 0 Å². The Hall–Kier alpha value is 1.33. The van der Waals surface area contributed by atoms with Gasteiger partial charge >= 0.3 is 27.5 Å². The fraction of sp³-hybridized carbons (Fsp3) is 0.909. The van der Waals surface area contributed by atoms with Gasteiger partial charge in [-0.1, -0.05) is 38.5 Å². The zero-order chi connectivity index (χ0) is 10.2. The van der Waals surface area contributed by atoms with Crippen molar-refractivity contribution in [3.63, 3.8) is 0 Å². The number of halogens is 1. The van der Waals surface area contributed by atoms with E-state index in [2.05, 4.69) is 16.0 Å². The minimum atomic E-state index is 0. The molecule has 0 aromatic rings. The molecule has 1 aliphatic heterocycles. The summed E-state index contributed by atoms with van der Waals surface area (Å²) in [5.41, 5.74) is 0. The van der Waals surface area contributed by atoms with E-state index in [0.717, 1.165) is 12.5 Å². The molecule has 0 aromatic heterocycles. The molecule has 2 fully saturated rings. The molecular formula is C11H22ClIrNP. The summed E-state index contributed by atoms with van der Waals surface area (Å²) < 4.78 is 0. The third-order valence-electron chi connectivity index (χ3n) is 3.23. The van der Waals surface area contributed by atoms with E-state index < -0.39 is 0 Å². The molecule has 1 saturated carbocycles. The first kappa shape index (κ1) is 16.3. The molecule has 0 radical (unpaired) electrons. The van der Waals surface area contributed by atoms with Crippen molar-refractivity contribution >= 4 is 19.5 Å². The Labute approximate surface area is 112 Å². The number of nitrogens with zero attached hydrogens (tertiary/aromatic N) is 1. The van der Waals surface area contributed by atoms with E-state index in [1.165, 1.54) is 62.8 Å². The molecule has 3 unspecified atom stereocenters. The number of piperidine rings is 1. The summed E-state index contributed by atoms with van der Waals surface area (Å²) in [4.78, 5) is 0. The molecule has 15 heavy (non-hydrogen) atoms. The topological polar surface area (TPSA) is 14.1 Å². The second-order valence-electron chi connectivity index (χ2n) is 4.15. The van der Waals surface area contributed by atoms with Crippen molar-refractivity contribution in [1.29, 1.82) is 0 Å². The van der Waals surface area contributed by atoms with Crippen LogP contribution in [-0.2, 0) is 17.9 Å². The SMILES string of the molecule is P.[CH-]1CCCCC1C1CCCC[N-]1.[Cl][Ir+2]. The molecule has 1 nitrogen and oxygen atoms in total. The van der Waals surface area contributed by atoms with Gasteiger partial charge in [0.25, 0.3) is 0 Å². The number of hydrogen-bond donors (Lipinski definition) is 0. The fourth-order valence-electron chi connectivity index (χ4n) is 2.49. The Balaban J connectivity index is 0.000000617. The molecule has 3 atom stereocenters. The van der Waals surface area contributed by atoms with Gasteiger partial charge in [0, 0.05) is 0 Å². The van der Waals surface area contributed by atoms with Crippen LogP contribution in [0.1, 0.15) is 44.9 Å². The zero-order valence-corrected chi connectivity index (χ0v) is 13.8.